The molecule has 36 heavy (non-hydrogen) atoms. The zero-order valence-corrected chi connectivity index (χ0v) is 22.1. The van der Waals surface area contributed by atoms with Gasteiger partial charge >= 0.3 is 18.0 Å². The summed E-state index contributed by atoms with van der Waals surface area (Å²) in [5.74, 6) is -1.69. The van der Waals surface area contributed by atoms with Crippen molar-refractivity contribution in [2.45, 2.75) is 91.8 Å². The lowest BCUT2D eigenvalue weighted by Crippen LogP contribution is -2.61. The molecule has 1 aromatic carbocycles. The molecule has 5 atom stereocenters. The summed E-state index contributed by atoms with van der Waals surface area (Å²) in [6.07, 6.45) is -3.46. The van der Waals surface area contributed by atoms with Crippen LogP contribution in [0.1, 0.15) is 72.8 Å². The molecule has 1 aromatic rings. The van der Waals surface area contributed by atoms with Crippen LogP contribution in [0.4, 0.5) is 4.79 Å². The highest BCUT2D eigenvalue weighted by molar-refractivity contribution is 5.94. The first-order valence-corrected chi connectivity index (χ1v) is 12.4. The molecule has 2 aliphatic heterocycles. The third kappa shape index (κ3) is 6.06. The van der Waals surface area contributed by atoms with E-state index in [0.29, 0.717) is 6.42 Å². The van der Waals surface area contributed by atoms with Crippen molar-refractivity contribution in [3.63, 3.8) is 0 Å². The number of hydrogen-bond donors (Lipinski definition) is 0. The molecule has 0 saturated carbocycles. The van der Waals surface area contributed by atoms with Crippen molar-refractivity contribution in [1.29, 1.82) is 0 Å². The van der Waals surface area contributed by atoms with Crippen LogP contribution in [0.15, 0.2) is 30.3 Å². The van der Waals surface area contributed by atoms with Crippen LogP contribution in [0.2, 0.25) is 0 Å². The minimum Gasteiger partial charge on any atom is -0.455 e. The first-order valence-electron chi connectivity index (χ1n) is 12.4. The van der Waals surface area contributed by atoms with Gasteiger partial charge in [0, 0.05) is 6.42 Å². The van der Waals surface area contributed by atoms with Gasteiger partial charge in [-0.1, -0.05) is 37.3 Å². The van der Waals surface area contributed by atoms with E-state index in [9.17, 15) is 19.2 Å². The lowest BCUT2D eigenvalue weighted by atomic mass is 9.92. The Morgan fingerprint density at radius 2 is 1.58 bits per heavy atom. The highest BCUT2D eigenvalue weighted by atomic mass is 16.7. The second-order valence-electron chi connectivity index (χ2n) is 11.4. The van der Waals surface area contributed by atoms with Crippen LogP contribution in [0.3, 0.4) is 0 Å². The van der Waals surface area contributed by atoms with Gasteiger partial charge in [-0.3, -0.25) is 14.4 Å². The van der Waals surface area contributed by atoms with Crippen LogP contribution in [0, 0.1) is 10.8 Å². The van der Waals surface area contributed by atoms with Crippen molar-refractivity contribution in [1.82, 2.24) is 4.90 Å². The van der Waals surface area contributed by atoms with E-state index in [1.54, 1.807) is 41.5 Å². The molecular weight excluding hydrogens is 466 g/mol. The smallest absolute Gasteiger partial charge is 0.419 e. The molecule has 9 nitrogen and oxygen atoms in total. The largest absolute Gasteiger partial charge is 0.455 e. The summed E-state index contributed by atoms with van der Waals surface area (Å²) >= 11 is 0. The van der Waals surface area contributed by atoms with Gasteiger partial charge in [-0.25, -0.2) is 9.69 Å². The Morgan fingerprint density at radius 1 is 1.00 bits per heavy atom. The fraction of sp³-hybridized carbons (Fsp3) is 0.630. The van der Waals surface area contributed by atoms with Crippen molar-refractivity contribution < 1.29 is 38.1 Å². The molecule has 2 saturated heterocycles. The average molecular weight is 504 g/mol. The van der Waals surface area contributed by atoms with Gasteiger partial charge in [-0.15, -0.1) is 0 Å². The third-order valence-corrected chi connectivity index (χ3v) is 6.30. The van der Waals surface area contributed by atoms with Crippen molar-refractivity contribution in [2.75, 3.05) is 6.61 Å². The molecule has 198 valence electrons. The minimum atomic E-state index is -1.14. The maximum atomic E-state index is 13.5. The first-order chi connectivity index (χ1) is 16.7. The molecule has 2 aliphatic rings. The number of amides is 2. The molecule has 0 spiro atoms. The SMILES string of the molecule is CCC(CC(=O)N1C(=O)O[C@@H]2OC[C@@H](OC(=O)C(C)(C)C)[C@@H](OC(=O)C(C)(C)C)[C@@H]21)c1ccccc1. The number of hydrogen-bond acceptors (Lipinski definition) is 8. The zero-order valence-electron chi connectivity index (χ0n) is 22.1. The Hall–Kier alpha value is -2.94. The Balaban J connectivity index is 1.91. The summed E-state index contributed by atoms with van der Waals surface area (Å²) in [4.78, 5) is 52.9. The third-order valence-electron chi connectivity index (χ3n) is 6.30. The predicted molar refractivity (Wildman–Crippen MR) is 130 cm³/mol. The van der Waals surface area contributed by atoms with E-state index in [-0.39, 0.29) is 18.9 Å². The van der Waals surface area contributed by atoms with Crippen LogP contribution in [-0.4, -0.2) is 60.0 Å². The van der Waals surface area contributed by atoms with Gasteiger partial charge in [0.25, 0.3) is 0 Å². The van der Waals surface area contributed by atoms with E-state index in [1.807, 2.05) is 37.3 Å². The molecule has 2 amide bonds. The average Bonchev–Trinajstić information content (AvgIpc) is 3.14. The number of fused-ring (bicyclic) bond motifs is 1. The van der Waals surface area contributed by atoms with Crippen LogP contribution in [0.5, 0.6) is 0 Å². The van der Waals surface area contributed by atoms with E-state index in [1.165, 1.54) is 0 Å². The number of carbonyl (C=O) groups is 4. The summed E-state index contributed by atoms with van der Waals surface area (Å²) in [5, 5.41) is 0. The molecule has 9 heteroatoms. The predicted octanol–water partition coefficient (Wildman–Crippen LogP) is 4.19. The quantitative estimate of drug-likeness (QED) is 0.420. The second kappa shape index (κ2) is 10.6. The van der Waals surface area contributed by atoms with Gasteiger partial charge < -0.3 is 18.9 Å². The van der Waals surface area contributed by atoms with Crippen molar-refractivity contribution >= 4 is 23.9 Å². The van der Waals surface area contributed by atoms with Gasteiger partial charge in [-0.05, 0) is 59.4 Å². The van der Waals surface area contributed by atoms with Crippen molar-refractivity contribution in [3.8, 4) is 0 Å². The summed E-state index contributed by atoms with van der Waals surface area (Å²) in [6.45, 7) is 12.0. The Kier molecular flexibility index (Phi) is 8.13. The Labute approximate surface area is 212 Å². The summed E-state index contributed by atoms with van der Waals surface area (Å²) in [7, 11) is 0. The number of benzene rings is 1. The maximum absolute atomic E-state index is 13.5. The molecule has 2 fully saturated rings. The van der Waals surface area contributed by atoms with Crippen molar-refractivity contribution in [2.24, 2.45) is 10.8 Å². The molecular formula is C27H37NO8. The fourth-order valence-electron chi connectivity index (χ4n) is 4.07. The topological polar surface area (TPSA) is 108 Å². The van der Waals surface area contributed by atoms with E-state index in [2.05, 4.69) is 0 Å². The highest BCUT2D eigenvalue weighted by Gasteiger charge is 2.58. The summed E-state index contributed by atoms with van der Waals surface area (Å²) < 4.78 is 22.5. The maximum Gasteiger partial charge on any atom is 0.419 e. The minimum absolute atomic E-state index is 0.0468. The second-order valence-corrected chi connectivity index (χ2v) is 11.4. The van der Waals surface area contributed by atoms with E-state index >= 15 is 0 Å². The molecule has 0 radical (unpaired) electrons. The molecule has 0 N–H and O–H groups in total. The number of ether oxygens (including phenoxy) is 4. The highest BCUT2D eigenvalue weighted by Crippen LogP contribution is 2.36. The van der Waals surface area contributed by atoms with E-state index in [4.69, 9.17) is 18.9 Å². The normalized spacial score (nSPS) is 25.0. The number of esters is 2. The monoisotopic (exact) mass is 503 g/mol. The molecule has 2 heterocycles. The van der Waals surface area contributed by atoms with Gasteiger partial charge in [0.2, 0.25) is 12.2 Å². The van der Waals surface area contributed by atoms with Crippen LogP contribution >= 0.6 is 0 Å². The van der Waals surface area contributed by atoms with Crippen LogP contribution in [0.25, 0.3) is 0 Å². The Bertz CT molecular complexity index is 978. The summed E-state index contributed by atoms with van der Waals surface area (Å²) in [5.41, 5.74) is -0.715. The lowest BCUT2D eigenvalue weighted by molar-refractivity contribution is -0.227. The van der Waals surface area contributed by atoms with Gasteiger partial charge in [0.05, 0.1) is 17.4 Å². The molecule has 3 rings (SSSR count). The lowest BCUT2D eigenvalue weighted by Gasteiger charge is -2.40. The van der Waals surface area contributed by atoms with Crippen LogP contribution < -0.4 is 0 Å². The molecule has 0 aromatic heterocycles. The molecule has 0 bridgehead atoms. The number of imide groups is 1. The van der Waals surface area contributed by atoms with Gasteiger partial charge in [-0.2, -0.15) is 0 Å². The van der Waals surface area contributed by atoms with E-state index < -0.39 is 59.3 Å². The summed E-state index contributed by atoms with van der Waals surface area (Å²) in [6, 6.07) is 8.48. The number of rotatable bonds is 6. The van der Waals surface area contributed by atoms with E-state index in [0.717, 1.165) is 10.5 Å². The van der Waals surface area contributed by atoms with Gasteiger partial charge in [0.1, 0.15) is 6.04 Å². The van der Waals surface area contributed by atoms with Crippen molar-refractivity contribution in [3.05, 3.63) is 35.9 Å². The number of nitrogens with zero attached hydrogens (tertiary/aromatic N) is 1. The standard InChI is InChI=1S/C27H37NO8/c1-8-16(17-12-10-9-11-13-17)14-19(29)28-20-21(35-24(31)27(5,6)7)18(34-23(30)26(2,3)4)15-33-22(20)36-25(28)32/h9-13,16,18,20-22H,8,14-15H2,1-7H3/t16?,18-,20+,21-,22+/m1/s1. The van der Waals surface area contributed by atoms with Crippen LogP contribution in [-0.2, 0) is 33.3 Å². The van der Waals surface area contributed by atoms with Gasteiger partial charge in [0.15, 0.2) is 12.2 Å². The molecule has 0 aliphatic carbocycles. The zero-order chi connectivity index (χ0) is 26.8. The molecule has 1 unspecified atom stereocenters. The first kappa shape index (κ1) is 27.6. The fourth-order valence-corrected chi connectivity index (χ4v) is 4.07. The number of carbonyl (C=O) groups excluding carboxylic acids is 4. The Morgan fingerprint density at radius 3 is 2.14 bits per heavy atom.